The number of hydrogen-bond acceptors (Lipinski definition) is 3. The van der Waals surface area contributed by atoms with Crippen molar-refractivity contribution in [2.24, 2.45) is 0 Å². The van der Waals surface area contributed by atoms with Crippen molar-refractivity contribution < 1.29 is 9.53 Å². The van der Waals surface area contributed by atoms with Gasteiger partial charge < -0.3 is 4.74 Å². The summed E-state index contributed by atoms with van der Waals surface area (Å²) < 4.78 is 5.92. The Labute approximate surface area is 111 Å². The Balaban J connectivity index is 2.64. The molecule has 94 valence electrons. The van der Waals surface area contributed by atoms with Crippen molar-refractivity contribution in [3.63, 3.8) is 0 Å². The highest BCUT2D eigenvalue weighted by atomic mass is 79.9. The minimum atomic E-state index is 0.114. The van der Waals surface area contributed by atoms with Gasteiger partial charge in [0.05, 0.1) is 13.2 Å². The number of hydrogen-bond donors (Lipinski definition) is 0. The molecule has 0 bridgehead atoms. The molecule has 1 aromatic carbocycles. The van der Waals surface area contributed by atoms with Crippen LogP contribution in [-0.4, -0.2) is 44.0 Å². The van der Waals surface area contributed by atoms with E-state index in [0.717, 1.165) is 10.0 Å². The minimum absolute atomic E-state index is 0.114. The van der Waals surface area contributed by atoms with Crippen LogP contribution in [-0.2, 0) is 4.74 Å². The van der Waals surface area contributed by atoms with Crippen LogP contribution in [0.2, 0.25) is 0 Å². The first-order chi connectivity index (χ1) is 8.06. The summed E-state index contributed by atoms with van der Waals surface area (Å²) in [5.41, 5.74) is 0.726. The molecule has 0 saturated heterocycles. The van der Waals surface area contributed by atoms with Gasteiger partial charge in [-0.25, -0.2) is 0 Å². The van der Waals surface area contributed by atoms with Gasteiger partial charge in [-0.15, -0.1) is 0 Å². The number of carbonyl (C=O) groups is 1. The van der Waals surface area contributed by atoms with Gasteiger partial charge in [-0.1, -0.05) is 34.1 Å². The topological polar surface area (TPSA) is 29.5 Å². The number of likely N-dealkylation sites (N-methyl/N-ethyl adjacent to an activating group) is 1. The molecule has 0 saturated carbocycles. The number of rotatable bonds is 6. The van der Waals surface area contributed by atoms with E-state index in [-0.39, 0.29) is 11.8 Å². The Kier molecular flexibility index (Phi) is 5.82. The maximum Gasteiger partial charge on any atom is 0.177 e. The predicted molar refractivity (Wildman–Crippen MR) is 72.4 cm³/mol. The van der Waals surface area contributed by atoms with Crippen molar-refractivity contribution in [2.45, 2.75) is 13.0 Å². The number of ketones is 1. The molecule has 0 amide bonds. The number of methoxy groups -OCH3 is 1. The average Bonchev–Trinajstić information content (AvgIpc) is 2.29. The molecule has 0 aliphatic heterocycles. The van der Waals surface area contributed by atoms with E-state index in [1.165, 1.54) is 0 Å². The lowest BCUT2D eigenvalue weighted by atomic mass is 10.1. The number of ether oxygens (including phenoxy) is 1. The van der Waals surface area contributed by atoms with Gasteiger partial charge in [0.15, 0.2) is 5.78 Å². The molecule has 0 aliphatic rings. The van der Waals surface area contributed by atoms with Crippen LogP contribution in [0.25, 0.3) is 0 Å². The molecule has 1 unspecified atom stereocenters. The third kappa shape index (κ3) is 4.22. The first-order valence-electron chi connectivity index (χ1n) is 5.53. The smallest absolute Gasteiger partial charge is 0.177 e. The second kappa shape index (κ2) is 6.89. The highest BCUT2D eigenvalue weighted by Crippen LogP contribution is 2.16. The summed E-state index contributed by atoms with van der Waals surface area (Å²) in [7, 11) is 3.60. The van der Waals surface area contributed by atoms with Gasteiger partial charge in [-0.05, 0) is 20.0 Å². The van der Waals surface area contributed by atoms with Crippen molar-refractivity contribution in [3.8, 4) is 0 Å². The Morgan fingerprint density at radius 1 is 1.47 bits per heavy atom. The zero-order chi connectivity index (χ0) is 12.8. The minimum Gasteiger partial charge on any atom is -0.383 e. The molecule has 0 heterocycles. The summed E-state index contributed by atoms with van der Waals surface area (Å²) in [5, 5.41) is 0. The molecule has 17 heavy (non-hydrogen) atoms. The number of nitrogens with zero attached hydrogens (tertiary/aromatic N) is 1. The molecule has 0 radical (unpaired) electrons. The SMILES string of the molecule is COCC(C)N(C)CC(=O)c1ccccc1Br. The predicted octanol–water partition coefficient (Wildman–Crippen LogP) is 2.60. The monoisotopic (exact) mass is 299 g/mol. The first kappa shape index (κ1) is 14.4. The van der Waals surface area contributed by atoms with Crippen LogP contribution in [0.5, 0.6) is 0 Å². The van der Waals surface area contributed by atoms with Crippen LogP contribution in [0.1, 0.15) is 17.3 Å². The largest absolute Gasteiger partial charge is 0.383 e. The van der Waals surface area contributed by atoms with Crippen LogP contribution >= 0.6 is 15.9 Å². The van der Waals surface area contributed by atoms with E-state index in [2.05, 4.69) is 15.9 Å². The average molecular weight is 300 g/mol. The molecule has 0 aromatic heterocycles. The molecule has 0 N–H and O–H groups in total. The molecule has 4 heteroatoms. The van der Waals surface area contributed by atoms with E-state index in [0.29, 0.717) is 13.2 Å². The molecule has 1 aromatic rings. The molecular weight excluding hydrogens is 282 g/mol. The molecule has 1 atom stereocenters. The van der Waals surface area contributed by atoms with E-state index < -0.39 is 0 Å². The lowest BCUT2D eigenvalue weighted by molar-refractivity contribution is 0.0840. The van der Waals surface area contributed by atoms with Crippen molar-refractivity contribution in [3.05, 3.63) is 34.3 Å². The van der Waals surface area contributed by atoms with E-state index in [4.69, 9.17) is 4.74 Å². The van der Waals surface area contributed by atoms with Gasteiger partial charge in [-0.2, -0.15) is 0 Å². The summed E-state index contributed by atoms with van der Waals surface area (Å²) >= 11 is 3.39. The number of Topliss-reactive ketones (excluding diaryl/α,β-unsaturated/α-hetero) is 1. The highest BCUT2D eigenvalue weighted by Gasteiger charge is 2.15. The quantitative estimate of drug-likeness (QED) is 0.756. The van der Waals surface area contributed by atoms with Crippen molar-refractivity contribution >= 4 is 21.7 Å². The first-order valence-corrected chi connectivity index (χ1v) is 6.32. The normalized spacial score (nSPS) is 12.8. The molecule has 3 nitrogen and oxygen atoms in total. The molecule has 0 aliphatic carbocycles. The van der Waals surface area contributed by atoms with Gasteiger partial charge in [0.1, 0.15) is 0 Å². The van der Waals surface area contributed by atoms with Crippen LogP contribution in [0.4, 0.5) is 0 Å². The maximum atomic E-state index is 12.1. The number of halogens is 1. The van der Waals surface area contributed by atoms with E-state index in [9.17, 15) is 4.79 Å². The maximum absolute atomic E-state index is 12.1. The fourth-order valence-electron chi connectivity index (χ4n) is 1.52. The summed E-state index contributed by atoms with van der Waals surface area (Å²) in [6.45, 7) is 3.06. The van der Waals surface area contributed by atoms with Gasteiger partial charge >= 0.3 is 0 Å². The summed E-state index contributed by atoms with van der Waals surface area (Å²) in [6.07, 6.45) is 0. The van der Waals surface area contributed by atoms with Gasteiger partial charge in [0.25, 0.3) is 0 Å². The Hall–Kier alpha value is -0.710. The Morgan fingerprint density at radius 2 is 2.12 bits per heavy atom. The van der Waals surface area contributed by atoms with Crippen LogP contribution < -0.4 is 0 Å². The van der Waals surface area contributed by atoms with E-state index in [1.54, 1.807) is 7.11 Å². The van der Waals surface area contributed by atoms with E-state index >= 15 is 0 Å². The Bertz CT molecular complexity index is 381. The summed E-state index contributed by atoms with van der Waals surface area (Å²) in [5.74, 6) is 0.114. The lowest BCUT2D eigenvalue weighted by Gasteiger charge is -2.23. The van der Waals surface area contributed by atoms with Gasteiger partial charge in [-0.3, -0.25) is 9.69 Å². The van der Waals surface area contributed by atoms with Crippen molar-refractivity contribution in [2.75, 3.05) is 27.3 Å². The van der Waals surface area contributed by atoms with Gasteiger partial charge in [0.2, 0.25) is 0 Å². The third-order valence-corrected chi connectivity index (χ3v) is 3.42. The Morgan fingerprint density at radius 3 is 2.71 bits per heavy atom. The standard InChI is InChI=1S/C13H18BrNO2/c1-10(9-17-3)15(2)8-13(16)11-6-4-5-7-12(11)14/h4-7,10H,8-9H2,1-3H3. The second-order valence-corrected chi connectivity index (χ2v) is 4.98. The lowest BCUT2D eigenvalue weighted by Crippen LogP contribution is -2.36. The fourth-order valence-corrected chi connectivity index (χ4v) is 2.03. The third-order valence-electron chi connectivity index (χ3n) is 2.73. The van der Waals surface area contributed by atoms with Crippen molar-refractivity contribution in [1.82, 2.24) is 4.90 Å². The zero-order valence-corrected chi connectivity index (χ0v) is 12.0. The van der Waals surface area contributed by atoms with Crippen LogP contribution in [0.15, 0.2) is 28.7 Å². The molecule has 0 fully saturated rings. The van der Waals surface area contributed by atoms with Crippen LogP contribution in [0, 0.1) is 0 Å². The van der Waals surface area contributed by atoms with Gasteiger partial charge in [0, 0.05) is 23.2 Å². The summed E-state index contributed by atoms with van der Waals surface area (Å²) in [4.78, 5) is 14.1. The zero-order valence-electron chi connectivity index (χ0n) is 10.4. The fraction of sp³-hybridized carbons (Fsp3) is 0.462. The number of benzene rings is 1. The van der Waals surface area contributed by atoms with Crippen LogP contribution in [0.3, 0.4) is 0 Å². The highest BCUT2D eigenvalue weighted by molar-refractivity contribution is 9.10. The molecular formula is C13H18BrNO2. The second-order valence-electron chi connectivity index (χ2n) is 4.12. The van der Waals surface area contributed by atoms with Crippen molar-refractivity contribution in [1.29, 1.82) is 0 Å². The number of carbonyl (C=O) groups excluding carboxylic acids is 1. The van der Waals surface area contributed by atoms with E-state index in [1.807, 2.05) is 43.1 Å². The summed E-state index contributed by atoms with van der Waals surface area (Å²) in [6, 6.07) is 7.72. The molecule has 0 spiro atoms. The molecule has 1 rings (SSSR count).